The zero-order valence-electron chi connectivity index (χ0n) is 33.9. The van der Waals surface area contributed by atoms with Crippen LogP contribution in [0, 0.1) is 0 Å². The largest absolute Gasteiger partial charge is 0.311 e. The minimum Gasteiger partial charge on any atom is -0.311 e. The average molecular weight is 806 g/mol. The van der Waals surface area contributed by atoms with Crippen LogP contribution in [0.1, 0.15) is 0 Å². The summed E-state index contributed by atoms with van der Waals surface area (Å²) in [7, 11) is 0. The quantitative estimate of drug-likeness (QED) is 0.145. The maximum absolute atomic E-state index is 2.42. The first kappa shape index (κ1) is 36.1. The van der Waals surface area contributed by atoms with Crippen molar-refractivity contribution in [2.75, 3.05) is 4.90 Å². The molecule has 0 aliphatic carbocycles. The lowest BCUT2D eigenvalue weighted by Gasteiger charge is -2.26. The predicted octanol–water partition coefficient (Wildman–Crippen LogP) is 17.7. The fourth-order valence-corrected chi connectivity index (χ4v) is 10.6. The zero-order chi connectivity index (χ0) is 41.0. The number of thiophene rings is 1. The Balaban J connectivity index is 0.990. The number of fused-ring (bicyclic) bond motifs is 9. The van der Waals surface area contributed by atoms with E-state index in [9.17, 15) is 0 Å². The number of hydrogen-bond acceptors (Lipinski definition) is 2. The Kier molecular flexibility index (Phi) is 8.76. The standard InChI is InChI=1S/C60H39NS/c1-3-13-40(14-4-1)42-23-30-47(31-24-42)61(48-32-25-43(26-33-48)41-15-5-2-6-16-41)49-34-27-44(28-35-49)56-38-46(39-58-55-21-11-12-22-59(55)62-60(56)58)45-29-36-54-52-19-8-7-17-50(52)51-18-9-10-20-53(51)57(54)37-45/h1-39H. The maximum Gasteiger partial charge on any atom is 0.0462 e. The Morgan fingerprint density at radius 2 is 0.629 bits per heavy atom. The van der Waals surface area contributed by atoms with E-state index in [0.717, 1.165) is 17.1 Å². The van der Waals surface area contributed by atoms with Crippen molar-refractivity contribution >= 4 is 80.9 Å². The Bertz CT molecular complexity index is 3470. The third-order valence-electron chi connectivity index (χ3n) is 12.5. The van der Waals surface area contributed by atoms with Crippen LogP contribution < -0.4 is 4.90 Å². The number of benzene rings is 11. The molecule has 0 aliphatic heterocycles. The number of rotatable bonds is 7. The summed E-state index contributed by atoms with van der Waals surface area (Å²) in [6.45, 7) is 0. The third kappa shape index (κ3) is 6.24. The molecule has 0 spiro atoms. The number of anilines is 3. The Hall–Kier alpha value is -7.78. The first-order valence-electron chi connectivity index (χ1n) is 21.2. The molecule has 0 atom stereocenters. The lowest BCUT2D eigenvalue weighted by Crippen LogP contribution is -2.09. The highest BCUT2D eigenvalue weighted by Gasteiger charge is 2.18. The van der Waals surface area contributed by atoms with Crippen molar-refractivity contribution in [2.24, 2.45) is 0 Å². The summed E-state index contributed by atoms with van der Waals surface area (Å²) in [5, 5.41) is 10.3. The molecule has 0 amide bonds. The molecule has 0 saturated heterocycles. The highest BCUT2D eigenvalue weighted by Crippen LogP contribution is 2.45. The van der Waals surface area contributed by atoms with Crippen molar-refractivity contribution in [1.82, 2.24) is 0 Å². The summed E-state index contributed by atoms with van der Waals surface area (Å²) in [6.07, 6.45) is 0. The van der Waals surface area contributed by atoms with E-state index >= 15 is 0 Å². The normalized spacial score (nSPS) is 11.5. The van der Waals surface area contributed by atoms with Crippen molar-refractivity contribution in [3.63, 3.8) is 0 Å². The van der Waals surface area contributed by atoms with E-state index in [2.05, 4.69) is 241 Å². The lowest BCUT2D eigenvalue weighted by atomic mass is 9.91. The maximum atomic E-state index is 2.42. The second kappa shape index (κ2) is 15.0. The molecule has 1 aromatic heterocycles. The van der Waals surface area contributed by atoms with Gasteiger partial charge in [-0.15, -0.1) is 11.3 Å². The molecule has 62 heavy (non-hydrogen) atoms. The van der Waals surface area contributed by atoms with Crippen molar-refractivity contribution in [3.8, 4) is 44.5 Å². The molecule has 0 N–H and O–H groups in total. The van der Waals surface area contributed by atoms with Gasteiger partial charge in [-0.2, -0.15) is 0 Å². The number of hydrogen-bond donors (Lipinski definition) is 0. The van der Waals surface area contributed by atoms with E-state index in [4.69, 9.17) is 0 Å². The fraction of sp³-hybridized carbons (Fsp3) is 0. The Morgan fingerprint density at radius 3 is 1.16 bits per heavy atom. The van der Waals surface area contributed by atoms with E-state index in [-0.39, 0.29) is 0 Å². The fourth-order valence-electron chi connectivity index (χ4n) is 9.40. The zero-order valence-corrected chi connectivity index (χ0v) is 34.7. The molecule has 11 aromatic carbocycles. The minimum absolute atomic E-state index is 1.10. The van der Waals surface area contributed by atoms with E-state index < -0.39 is 0 Å². The van der Waals surface area contributed by atoms with Gasteiger partial charge in [-0.25, -0.2) is 0 Å². The van der Waals surface area contributed by atoms with Crippen LogP contribution in [-0.2, 0) is 0 Å². The summed E-state index contributed by atoms with van der Waals surface area (Å²) >= 11 is 1.89. The van der Waals surface area contributed by atoms with Crippen LogP contribution in [-0.4, -0.2) is 0 Å². The SMILES string of the molecule is c1ccc(-c2ccc(N(c3ccc(-c4ccccc4)cc3)c3ccc(-c4cc(-c5ccc6c7ccccc7c7ccccc7c6c5)cc5c4sc4ccccc45)cc3)cc2)cc1. The van der Waals surface area contributed by atoms with Crippen LogP contribution in [0.15, 0.2) is 237 Å². The van der Waals surface area contributed by atoms with Crippen molar-refractivity contribution in [2.45, 2.75) is 0 Å². The molecule has 2 heteroatoms. The monoisotopic (exact) mass is 805 g/mol. The van der Waals surface area contributed by atoms with Crippen LogP contribution in [0.3, 0.4) is 0 Å². The van der Waals surface area contributed by atoms with Crippen LogP contribution in [0.4, 0.5) is 17.1 Å². The Morgan fingerprint density at radius 1 is 0.242 bits per heavy atom. The second-order valence-electron chi connectivity index (χ2n) is 16.1. The first-order chi connectivity index (χ1) is 30.7. The molecule has 0 bridgehead atoms. The van der Waals surface area contributed by atoms with Crippen LogP contribution in [0.5, 0.6) is 0 Å². The van der Waals surface area contributed by atoms with E-state index in [1.54, 1.807) is 0 Å². The average Bonchev–Trinajstić information content (AvgIpc) is 3.74. The molecule has 0 fully saturated rings. The molecule has 1 heterocycles. The van der Waals surface area contributed by atoms with Gasteiger partial charge in [0.2, 0.25) is 0 Å². The minimum atomic E-state index is 1.10. The summed E-state index contributed by atoms with van der Waals surface area (Å²) in [5.74, 6) is 0. The summed E-state index contributed by atoms with van der Waals surface area (Å²) in [5.41, 5.74) is 13.0. The van der Waals surface area contributed by atoms with Crippen LogP contribution >= 0.6 is 11.3 Å². The first-order valence-corrected chi connectivity index (χ1v) is 22.1. The van der Waals surface area contributed by atoms with Gasteiger partial charge in [-0.1, -0.05) is 176 Å². The van der Waals surface area contributed by atoms with Crippen LogP contribution in [0.25, 0.3) is 97.0 Å². The Labute approximate surface area is 365 Å². The molecular formula is C60H39NS. The van der Waals surface area contributed by atoms with Crippen molar-refractivity contribution in [1.29, 1.82) is 0 Å². The second-order valence-corrected chi connectivity index (χ2v) is 17.1. The van der Waals surface area contributed by atoms with Gasteiger partial charge in [0.15, 0.2) is 0 Å². The van der Waals surface area contributed by atoms with Gasteiger partial charge in [0.1, 0.15) is 0 Å². The molecule has 290 valence electrons. The molecule has 0 unspecified atom stereocenters. The third-order valence-corrected chi connectivity index (χ3v) is 13.7. The van der Waals surface area contributed by atoms with Gasteiger partial charge in [0, 0.05) is 42.8 Å². The van der Waals surface area contributed by atoms with E-state index in [0.29, 0.717) is 0 Å². The van der Waals surface area contributed by atoms with Gasteiger partial charge in [0.05, 0.1) is 0 Å². The van der Waals surface area contributed by atoms with Crippen molar-refractivity contribution in [3.05, 3.63) is 237 Å². The van der Waals surface area contributed by atoms with Gasteiger partial charge in [-0.3, -0.25) is 0 Å². The van der Waals surface area contributed by atoms with Gasteiger partial charge in [-0.05, 0) is 132 Å². The van der Waals surface area contributed by atoms with Crippen LogP contribution in [0.2, 0.25) is 0 Å². The smallest absolute Gasteiger partial charge is 0.0462 e. The highest BCUT2D eigenvalue weighted by molar-refractivity contribution is 7.26. The highest BCUT2D eigenvalue weighted by atomic mass is 32.1. The summed E-state index contributed by atoms with van der Waals surface area (Å²) in [6, 6.07) is 86.6. The topological polar surface area (TPSA) is 3.24 Å². The summed E-state index contributed by atoms with van der Waals surface area (Å²) < 4.78 is 2.61. The molecule has 12 aromatic rings. The lowest BCUT2D eigenvalue weighted by molar-refractivity contribution is 1.28. The van der Waals surface area contributed by atoms with E-state index in [1.807, 2.05) is 11.3 Å². The molecule has 1 nitrogen and oxygen atoms in total. The van der Waals surface area contributed by atoms with Crippen molar-refractivity contribution < 1.29 is 0 Å². The molecule has 0 saturated carbocycles. The predicted molar refractivity (Wildman–Crippen MR) is 268 cm³/mol. The van der Waals surface area contributed by atoms with Gasteiger partial charge >= 0.3 is 0 Å². The molecule has 12 rings (SSSR count). The molecular weight excluding hydrogens is 767 g/mol. The van der Waals surface area contributed by atoms with Gasteiger partial charge in [0.25, 0.3) is 0 Å². The number of nitrogens with zero attached hydrogens (tertiary/aromatic N) is 1. The summed E-state index contributed by atoms with van der Waals surface area (Å²) in [4.78, 5) is 2.36. The van der Waals surface area contributed by atoms with Gasteiger partial charge < -0.3 is 4.90 Å². The molecule has 0 aliphatic rings. The molecule has 0 radical (unpaired) electrons. The van der Waals surface area contributed by atoms with E-state index in [1.165, 1.54) is 97.0 Å².